The first kappa shape index (κ1) is 21.6. The molecule has 1 saturated heterocycles. The van der Waals surface area contributed by atoms with Crippen LogP contribution < -0.4 is 9.64 Å². The largest absolute Gasteiger partial charge is 0.497 e. The fourth-order valence-electron chi connectivity index (χ4n) is 3.38. The Hall–Kier alpha value is -3.14. The lowest BCUT2D eigenvalue weighted by Gasteiger charge is -2.24. The summed E-state index contributed by atoms with van der Waals surface area (Å²) in [6.45, 7) is 2.23. The van der Waals surface area contributed by atoms with Crippen molar-refractivity contribution in [1.82, 2.24) is 4.90 Å². The van der Waals surface area contributed by atoms with Crippen LogP contribution in [-0.2, 0) is 9.84 Å². The van der Waals surface area contributed by atoms with Crippen LogP contribution in [0.15, 0.2) is 47.4 Å². The normalized spacial score (nSPS) is 14.9. The topological polar surface area (TPSA) is 110 Å². The summed E-state index contributed by atoms with van der Waals surface area (Å²) in [7, 11) is -2.09. The van der Waals surface area contributed by atoms with E-state index in [1.165, 1.54) is 6.07 Å². The number of amides is 1. The summed E-state index contributed by atoms with van der Waals surface area (Å²) in [5.74, 6) is 0.345. The minimum Gasteiger partial charge on any atom is -0.497 e. The summed E-state index contributed by atoms with van der Waals surface area (Å²) in [6.07, 6.45) is 1.67. The highest BCUT2D eigenvalue weighted by molar-refractivity contribution is 7.90. The second kappa shape index (κ2) is 8.70. The number of rotatable bonds is 5. The molecule has 0 unspecified atom stereocenters. The van der Waals surface area contributed by atoms with E-state index >= 15 is 0 Å². The Morgan fingerprint density at radius 3 is 2.37 bits per heavy atom. The Balaban J connectivity index is 1.80. The number of hydrogen-bond donors (Lipinski definition) is 0. The number of hydrogen-bond acceptors (Lipinski definition) is 7. The lowest BCUT2D eigenvalue weighted by molar-refractivity contribution is -0.385. The van der Waals surface area contributed by atoms with E-state index in [0.29, 0.717) is 26.1 Å². The second-order valence-electron chi connectivity index (χ2n) is 7.08. The third-order valence-electron chi connectivity index (χ3n) is 5.00. The van der Waals surface area contributed by atoms with Gasteiger partial charge in [-0.3, -0.25) is 14.9 Å². The van der Waals surface area contributed by atoms with Gasteiger partial charge in [-0.05, 0) is 36.8 Å². The number of ether oxygens (including phenoxy) is 1. The van der Waals surface area contributed by atoms with Crippen molar-refractivity contribution in [3.63, 3.8) is 0 Å². The average Bonchev–Trinajstić information content (AvgIpc) is 2.98. The van der Waals surface area contributed by atoms with E-state index in [-0.39, 0.29) is 10.5 Å². The lowest BCUT2D eigenvalue weighted by atomic mass is 10.1. The molecule has 0 aliphatic carbocycles. The smallest absolute Gasteiger partial charge is 0.271 e. The first-order valence-corrected chi connectivity index (χ1v) is 11.3. The fourth-order valence-corrected chi connectivity index (χ4v) is 4.06. The summed E-state index contributed by atoms with van der Waals surface area (Å²) in [6, 6.07) is 11.0. The molecule has 0 aromatic heterocycles. The zero-order chi connectivity index (χ0) is 21.9. The maximum Gasteiger partial charge on any atom is 0.271 e. The van der Waals surface area contributed by atoms with E-state index in [4.69, 9.17) is 4.74 Å². The van der Waals surface area contributed by atoms with Gasteiger partial charge in [0.25, 0.3) is 11.6 Å². The van der Waals surface area contributed by atoms with Gasteiger partial charge in [0.1, 0.15) is 5.75 Å². The Morgan fingerprint density at radius 1 is 1.07 bits per heavy atom. The molecule has 1 amide bonds. The predicted molar refractivity (Wildman–Crippen MR) is 112 cm³/mol. The molecular formula is C20H23N3O6S. The molecule has 1 aliphatic rings. The standard InChI is InChI=1S/C20H23N3O6S/c1-29-18-6-4-16(5-7-18)21-8-3-9-22(11-10-21)20(24)15-12-17(23(25)26)14-19(13-15)30(2,27)28/h4-7,12-14H,3,8-11H2,1-2H3. The Bertz CT molecular complexity index is 1050. The second-order valence-corrected chi connectivity index (χ2v) is 9.09. The summed E-state index contributed by atoms with van der Waals surface area (Å²) in [5, 5.41) is 11.2. The first-order chi connectivity index (χ1) is 14.2. The van der Waals surface area contributed by atoms with Gasteiger partial charge in [0.2, 0.25) is 0 Å². The third-order valence-corrected chi connectivity index (χ3v) is 6.09. The van der Waals surface area contributed by atoms with Gasteiger partial charge in [-0.1, -0.05) is 0 Å². The highest BCUT2D eigenvalue weighted by Crippen LogP contribution is 2.24. The molecule has 2 aromatic carbocycles. The molecule has 0 spiro atoms. The molecule has 160 valence electrons. The molecule has 3 rings (SSSR count). The van der Waals surface area contributed by atoms with Crippen LogP contribution in [0, 0.1) is 10.1 Å². The van der Waals surface area contributed by atoms with Crippen LogP contribution in [0.25, 0.3) is 0 Å². The van der Waals surface area contributed by atoms with Crippen molar-refractivity contribution in [2.75, 3.05) is 44.4 Å². The Morgan fingerprint density at radius 2 is 1.77 bits per heavy atom. The van der Waals surface area contributed by atoms with Gasteiger partial charge in [0.15, 0.2) is 9.84 Å². The maximum atomic E-state index is 13.0. The summed E-state index contributed by atoms with van der Waals surface area (Å²) < 4.78 is 29.0. The van der Waals surface area contributed by atoms with Crippen LogP contribution in [0.1, 0.15) is 16.8 Å². The monoisotopic (exact) mass is 433 g/mol. The van der Waals surface area contributed by atoms with Crippen LogP contribution >= 0.6 is 0 Å². The zero-order valence-electron chi connectivity index (χ0n) is 16.8. The van der Waals surface area contributed by atoms with Crippen molar-refractivity contribution < 1.29 is 22.9 Å². The fraction of sp³-hybridized carbons (Fsp3) is 0.350. The maximum absolute atomic E-state index is 13.0. The van der Waals surface area contributed by atoms with Crippen molar-refractivity contribution >= 4 is 27.1 Å². The summed E-state index contributed by atoms with van der Waals surface area (Å²) in [5.41, 5.74) is 0.596. The van der Waals surface area contributed by atoms with Crippen LogP contribution in [-0.4, -0.2) is 63.7 Å². The molecule has 10 heteroatoms. The molecule has 0 bridgehead atoms. The molecule has 30 heavy (non-hydrogen) atoms. The van der Waals surface area contributed by atoms with Crippen molar-refractivity contribution in [2.24, 2.45) is 0 Å². The molecule has 0 atom stereocenters. The van der Waals surface area contributed by atoms with Gasteiger partial charge in [-0.15, -0.1) is 0 Å². The van der Waals surface area contributed by atoms with Crippen molar-refractivity contribution in [3.05, 3.63) is 58.1 Å². The number of sulfone groups is 1. The minimum atomic E-state index is -3.70. The average molecular weight is 433 g/mol. The molecule has 0 saturated carbocycles. The van der Waals surface area contributed by atoms with Gasteiger partial charge in [0.05, 0.1) is 16.9 Å². The van der Waals surface area contributed by atoms with Gasteiger partial charge in [-0.25, -0.2) is 8.42 Å². The number of carbonyl (C=O) groups excluding carboxylic acids is 1. The number of methoxy groups -OCH3 is 1. The number of nitro groups is 1. The quantitative estimate of drug-likeness (QED) is 0.526. The van der Waals surface area contributed by atoms with Crippen LogP contribution in [0.5, 0.6) is 5.75 Å². The van der Waals surface area contributed by atoms with E-state index in [9.17, 15) is 23.3 Å². The van der Waals surface area contributed by atoms with E-state index < -0.39 is 26.4 Å². The molecule has 1 heterocycles. The van der Waals surface area contributed by atoms with Gasteiger partial charge in [-0.2, -0.15) is 0 Å². The van der Waals surface area contributed by atoms with Crippen LogP contribution in [0.4, 0.5) is 11.4 Å². The van der Waals surface area contributed by atoms with E-state index in [1.54, 1.807) is 12.0 Å². The van der Waals surface area contributed by atoms with Crippen molar-refractivity contribution in [2.45, 2.75) is 11.3 Å². The number of nitro benzene ring substituents is 1. The van der Waals surface area contributed by atoms with Crippen LogP contribution in [0.3, 0.4) is 0 Å². The zero-order valence-corrected chi connectivity index (χ0v) is 17.6. The first-order valence-electron chi connectivity index (χ1n) is 9.37. The van der Waals surface area contributed by atoms with Crippen LogP contribution in [0.2, 0.25) is 0 Å². The number of non-ortho nitro benzene ring substituents is 1. The predicted octanol–water partition coefficient (Wildman–Crippen LogP) is 2.36. The van der Waals surface area contributed by atoms with E-state index in [0.717, 1.165) is 36.4 Å². The molecule has 1 aliphatic heterocycles. The number of nitrogens with zero attached hydrogens (tertiary/aromatic N) is 3. The van der Waals surface area contributed by atoms with Crippen molar-refractivity contribution in [3.8, 4) is 5.75 Å². The lowest BCUT2D eigenvalue weighted by Crippen LogP contribution is -2.35. The molecule has 0 N–H and O–H groups in total. The van der Waals surface area contributed by atoms with Gasteiger partial charge in [0, 0.05) is 55.8 Å². The highest BCUT2D eigenvalue weighted by atomic mass is 32.2. The molecule has 0 radical (unpaired) electrons. The number of benzene rings is 2. The molecule has 9 nitrogen and oxygen atoms in total. The Kier molecular flexibility index (Phi) is 6.25. The Labute approximate surface area is 174 Å². The number of anilines is 1. The van der Waals surface area contributed by atoms with E-state index in [2.05, 4.69) is 4.90 Å². The summed E-state index contributed by atoms with van der Waals surface area (Å²) in [4.78, 5) is 27.0. The molecule has 1 fully saturated rings. The van der Waals surface area contributed by atoms with Gasteiger partial charge >= 0.3 is 0 Å². The number of carbonyl (C=O) groups is 1. The van der Waals surface area contributed by atoms with Crippen molar-refractivity contribution in [1.29, 1.82) is 0 Å². The van der Waals surface area contributed by atoms with E-state index in [1.807, 2.05) is 24.3 Å². The third kappa shape index (κ3) is 4.88. The SMILES string of the molecule is COc1ccc(N2CCCN(C(=O)c3cc([N+](=O)[O-])cc(S(C)(=O)=O)c3)CC2)cc1. The highest BCUT2D eigenvalue weighted by Gasteiger charge is 2.24. The molecular weight excluding hydrogens is 410 g/mol. The molecule has 2 aromatic rings. The minimum absolute atomic E-state index is 0.00234. The van der Waals surface area contributed by atoms with Gasteiger partial charge < -0.3 is 14.5 Å². The summed E-state index contributed by atoms with van der Waals surface area (Å²) >= 11 is 0.